The first kappa shape index (κ1) is 9.72. The molecule has 0 aliphatic heterocycles. The van der Waals surface area contributed by atoms with Gasteiger partial charge >= 0.3 is 0 Å². The molecule has 0 amide bonds. The van der Waals surface area contributed by atoms with Gasteiger partial charge in [-0.15, -0.1) is 5.10 Å². The zero-order chi connectivity index (χ0) is 10.5. The first-order valence-corrected chi connectivity index (χ1v) is 4.72. The maximum absolute atomic E-state index is 5.42. The third kappa shape index (κ3) is 2.57. The highest BCUT2D eigenvalue weighted by Gasteiger charge is 2.01. The van der Waals surface area contributed by atoms with Gasteiger partial charge in [-0.1, -0.05) is 5.21 Å². The summed E-state index contributed by atoms with van der Waals surface area (Å²) in [7, 11) is 0. The summed E-state index contributed by atoms with van der Waals surface area (Å²) in [4.78, 5) is 8.13. The summed E-state index contributed by atoms with van der Waals surface area (Å²) in [6.45, 7) is 1.18. The SMILES string of the molecule is NCCc1cn(Cc2cnccn2)nn1. The molecule has 0 saturated heterocycles. The number of rotatable bonds is 4. The van der Waals surface area contributed by atoms with Crippen molar-refractivity contribution in [3.63, 3.8) is 0 Å². The maximum atomic E-state index is 5.42. The van der Waals surface area contributed by atoms with E-state index in [9.17, 15) is 0 Å². The number of nitrogens with two attached hydrogens (primary N) is 1. The van der Waals surface area contributed by atoms with Crippen molar-refractivity contribution in [2.24, 2.45) is 5.73 Å². The van der Waals surface area contributed by atoms with Crippen molar-refractivity contribution in [3.8, 4) is 0 Å². The second kappa shape index (κ2) is 4.61. The smallest absolute Gasteiger partial charge is 0.0864 e. The monoisotopic (exact) mass is 204 g/mol. The van der Waals surface area contributed by atoms with Crippen molar-refractivity contribution < 1.29 is 0 Å². The summed E-state index contributed by atoms with van der Waals surface area (Å²) in [6.07, 6.45) is 7.64. The molecule has 0 aliphatic carbocycles. The molecule has 0 radical (unpaired) electrons. The molecule has 2 heterocycles. The minimum absolute atomic E-state index is 0.587. The van der Waals surface area contributed by atoms with Crippen molar-refractivity contribution >= 4 is 0 Å². The van der Waals surface area contributed by atoms with E-state index in [-0.39, 0.29) is 0 Å². The summed E-state index contributed by atoms with van der Waals surface area (Å²) in [5, 5.41) is 7.96. The lowest BCUT2D eigenvalue weighted by Gasteiger charge is -1.97. The Kier molecular flexibility index (Phi) is 2.99. The number of hydrogen-bond donors (Lipinski definition) is 1. The fraction of sp³-hybridized carbons (Fsp3) is 0.333. The van der Waals surface area contributed by atoms with Crippen LogP contribution in [0.5, 0.6) is 0 Å². The van der Waals surface area contributed by atoms with Crippen LogP contribution in [-0.2, 0) is 13.0 Å². The van der Waals surface area contributed by atoms with Crippen molar-refractivity contribution in [2.75, 3.05) is 6.54 Å². The molecule has 2 aromatic rings. The van der Waals surface area contributed by atoms with E-state index in [0.717, 1.165) is 17.8 Å². The van der Waals surface area contributed by atoms with Gasteiger partial charge in [0.05, 0.1) is 24.1 Å². The first-order chi connectivity index (χ1) is 7.38. The highest BCUT2D eigenvalue weighted by Crippen LogP contribution is 1.97. The lowest BCUT2D eigenvalue weighted by atomic mass is 10.3. The molecule has 6 heteroatoms. The van der Waals surface area contributed by atoms with Gasteiger partial charge in [-0.2, -0.15) is 0 Å². The molecule has 15 heavy (non-hydrogen) atoms. The van der Waals surface area contributed by atoms with E-state index in [0.29, 0.717) is 13.1 Å². The van der Waals surface area contributed by atoms with Gasteiger partial charge in [0.25, 0.3) is 0 Å². The highest BCUT2D eigenvalue weighted by atomic mass is 15.4. The van der Waals surface area contributed by atoms with Crippen LogP contribution in [0.2, 0.25) is 0 Å². The Morgan fingerprint density at radius 2 is 2.20 bits per heavy atom. The lowest BCUT2D eigenvalue weighted by Crippen LogP contribution is -2.03. The Hall–Kier alpha value is -1.82. The quantitative estimate of drug-likeness (QED) is 0.734. The fourth-order valence-corrected chi connectivity index (χ4v) is 1.26. The predicted octanol–water partition coefficient (Wildman–Crippen LogP) is -0.382. The van der Waals surface area contributed by atoms with Crippen molar-refractivity contribution in [2.45, 2.75) is 13.0 Å². The van der Waals surface area contributed by atoms with E-state index in [2.05, 4.69) is 20.3 Å². The van der Waals surface area contributed by atoms with Gasteiger partial charge in [-0.3, -0.25) is 9.97 Å². The zero-order valence-corrected chi connectivity index (χ0v) is 8.24. The molecule has 0 bridgehead atoms. The topological polar surface area (TPSA) is 82.5 Å². The van der Waals surface area contributed by atoms with E-state index in [1.807, 2.05) is 6.20 Å². The van der Waals surface area contributed by atoms with Gasteiger partial charge in [0.2, 0.25) is 0 Å². The van der Waals surface area contributed by atoms with E-state index in [1.54, 1.807) is 23.3 Å². The van der Waals surface area contributed by atoms with Crippen LogP contribution in [0.4, 0.5) is 0 Å². The third-order valence-electron chi connectivity index (χ3n) is 1.93. The molecule has 2 aromatic heterocycles. The molecule has 0 fully saturated rings. The second-order valence-corrected chi connectivity index (χ2v) is 3.14. The van der Waals surface area contributed by atoms with Crippen LogP contribution in [0.25, 0.3) is 0 Å². The van der Waals surface area contributed by atoms with E-state index in [1.165, 1.54) is 0 Å². The van der Waals surface area contributed by atoms with Crippen LogP contribution in [0, 0.1) is 0 Å². The van der Waals surface area contributed by atoms with Gasteiger partial charge in [-0.05, 0) is 6.54 Å². The molecule has 0 saturated carbocycles. The molecular weight excluding hydrogens is 192 g/mol. The van der Waals surface area contributed by atoms with Crippen LogP contribution in [0.15, 0.2) is 24.8 Å². The average Bonchev–Trinajstić information content (AvgIpc) is 2.68. The van der Waals surface area contributed by atoms with Crippen LogP contribution in [-0.4, -0.2) is 31.5 Å². The molecule has 2 N–H and O–H groups in total. The first-order valence-electron chi connectivity index (χ1n) is 4.72. The van der Waals surface area contributed by atoms with Gasteiger partial charge in [0.15, 0.2) is 0 Å². The molecule has 0 spiro atoms. The molecule has 78 valence electrons. The van der Waals surface area contributed by atoms with Crippen LogP contribution < -0.4 is 5.73 Å². The van der Waals surface area contributed by atoms with Crippen LogP contribution in [0.1, 0.15) is 11.4 Å². The van der Waals surface area contributed by atoms with Crippen LogP contribution in [0.3, 0.4) is 0 Å². The lowest BCUT2D eigenvalue weighted by molar-refractivity contribution is 0.636. The summed E-state index contributed by atoms with van der Waals surface area (Å²) >= 11 is 0. The maximum Gasteiger partial charge on any atom is 0.0864 e. The Morgan fingerprint density at radius 3 is 2.93 bits per heavy atom. The Morgan fingerprint density at radius 1 is 1.27 bits per heavy atom. The average molecular weight is 204 g/mol. The molecule has 6 nitrogen and oxygen atoms in total. The second-order valence-electron chi connectivity index (χ2n) is 3.14. The van der Waals surface area contributed by atoms with E-state index < -0.39 is 0 Å². The van der Waals surface area contributed by atoms with Crippen LogP contribution >= 0.6 is 0 Å². The van der Waals surface area contributed by atoms with E-state index >= 15 is 0 Å². The largest absolute Gasteiger partial charge is 0.330 e. The number of hydrogen-bond acceptors (Lipinski definition) is 5. The summed E-state index contributed by atoms with van der Waals surface area (Å²) in [6, 6.07) is 0. The number of nitrogens with zero attached hydrogens (tertiary/aromatic N) is 5. The number of aromatic nitrogens is 5. The molecule has 0 atom stereocenters. The minimum Gasteiger partial charge on any atom is -0.330 e. The Bertz CT molecular complexity index is 410. The fourth-order valence-electron chi connectivity index (χ4n) is 1.26. The predicted molar refractivity (Wildman–Crippen MR) is 53.9 cm³/mol. The molecule has 2 rings (SSSR count). The minimum atomic E-state index is 0.587. The summed E-state index contributed by atoms with van der Waals surface area (Å²) in [5.74, 6) is 0. The van der Waals surface area contributed by atoms with Crippen molar-refractivity contribution in [1.29, 1.82) is 0 Å². The van der Waals surface area contributed by atoms with Gasteiger partial charge in [0, 0.05) is 25.0 Å². The van der Waals surface area contributed by atoms with Crippen molar-refractivity contribution in [1.82, 2.24) is 25.0 Å². The van der Waals surface area contributed by atoms with E-state index in [4.69, 9.17) is 5.73 Å². The summed E-state index contributed by atoms with van der Waals surface area (Å²) < 4.78 is 1.73. The Balaban J connectivity index is 2.05. The molecule has 0 unspecified atom stereocenters. The van der Waals surface area contributed by atoms with Crippen molar-refractivity contribution in [3.05, 3.63) is 36.2 Å². The molecular formula is C9H12N6. The van der Waals surface area contributed by atoms with Gasteiger partial charge in [0.1, 0.15) is 0 Å². The summed E-state index contributed by atoms with van der Waals surface area (Å²) in [5.41, 5.74) is 7.19. The third-order valence-corrected chi connectivity index (χ3v) is 1.93. The molecule has 0 aliphatic rings. The zero-order valence-electron chi connectivity index (χ0n) is 8.24. The molecule has 0 aromatic carbocycles. The van der Waals surface area contributed by atoms with Gasteiger partial charge < -0.3 is 5.73 Å². The normalized spacial score (nSPS) is 10.5. The standard InChI is InChI=1S/C9H12N6/c10-2-1-8-6-15(14-13-8)7-9-5-11-3-4-12-9/h3-6H,1-2,7,10H2. The highest BCUT2D eigenvalue weighted by molar-refractivity contribution is 4.98. The van der Waals surface area contributed by atoms with Gasteiger partial charge in [-0.25, -0.2) is 4.68 Å². The Labute approximate surface area is 87.2 Å².